The van der Waals surface area contributed by atoms with Crippen molar-refractivity contribution in [2.45, 2.75) is 19.3 Å². The van der Waals surface area contributed by atoms with Crippen molar-refractivity contribution in [2.75, 3.05) is 26.7 Å². The van der Waals surface area contributed by atoms with Gasteiger partial charge in [-0.3, -0.25) is 0 Å². The first-order valence-corrected chi connectivity index (χ1v) is 7.27. The van der Waals surface area contributed by atoms with Gasteiger partial charge in [-0.1, -0.05) is 0 Å². The van der Waals surface area contributed by atoms with Gasteiger partial charge in [0.05, 0.1) is 18.1 Å². The highest BCUT2D eigenvalue weighted by molar-refractivity contribution is 5.77. The van der Waals surface area contributed by atoms with Crippen molar-refractivity contribution in [2.24, 2.45) is 0 Å². The summed E-state index contributed by atoms with van der Waals surface area (Å²) in [7, 11) is 1.65. The minimum Gasteiger partial charge on any atom is -0.497 e. The Balaban J connectivity index is 1.77. The zero-order chi connectivity index (χ0) is 14.8. The number of aromatic nitrogens is 2. The number of nitrogens with zero attached hydrogens (tertiary/aromatic N) is 2. The molecular weight excluding hydrogens is 268 g/mol. The van der Waals surface area contributed by atoms with Crippen LogP contribution in [0.4, 0.5) is 4.79 Å². The quantitative estimate of drug-likeness (QED) is 0.908. The molecular formula is C15H20N4O2. The molecule has 2 N–H and O–H groups in total. The number of carbonyl (C=O) groups excluding carboxylic acids is 1. The molecule has 1 aliphatic rings. The van der Waals surface area contributed by atoms with Crippen LogP contribution in [0.5, 0.6) is 5.75 Å². The van der Waals surface area contributed by atoms with Crippen LogP contribution in [0.25, 0.3) is 11.0 Å². The van der Waals surface area contributed by atoms with Crippen molar-refractivity contribution in [3.8, 4) is 5.75 Å². The molecule has 2 amide bonds. The summed E-state index contributed by atoms with van der Waals surface area (Å²) >= 11 is 0. The van der Waals surface area contributed by atoms with Crippen LogP contribution < -0.4 is 10.1 Å². The van der Waals surface area contributed by atoms with Crippen molar-refractivity contribution >= 4 is 17.1 Å². The molecule has 6 nitrogen and oxygen atoms in total. The number of hydrogen-bond acceptors (Lipinski definition) is 3. The molecule has 2 heterocycles. The van der Waals surface area contributed by atoms with Crippen LogP contribution in [0.3, 0.4) is 0 Å². The van der Waals surface area contributed by atoms with Crippen LogP contribution in [-0.4, -0.2) is 47.6 Å². The van der Waals surface area contributed by atoms with Gasteiger partial charge in [0.25, 0.3) is 0 Å². The summed E-state index contributed by atoms with van der Waals surface area (Å²) in [5.74, 6) is 2.03. The largest absolute Gasteiger partial charge is 0.497 e. The molecule has 0 bridgehead atoms. The van der Waals surface area contributed by atoms with E-state index in [1.165, 1.54) is 0 Å². The maximum absolute atomic E-state index is 11.8. The fraction of sp³-hybridized carbons (Fsp3) is 0.467. The van der Waals surface area contributed by atoms with Crippen LogP contribution in [0.15, 0.2) is 18.2 Å². The van der Waals surface area contributed by atoms with Crippen molar-refractivity contribution < 1.29 is 9.53 Å². The number of rotatable bonds is 3. The Labute approximate surface area is 123 Å². The molecule has 1 aliphatic heterocycles. The molecule has 1 saturated heterocycles. The maximum atomic E-state index is 11.8. The molecule has 21 heavy (non-hydrogen) atoms. The molecule has 1 atom stereocenters. The standard InChI is InChI=1S/C15H20N4O2/c1-3-16-15(20)19-7-6-10(9-19)14-17-12-5-4-11(21-2)8-13(12)18-14/h4-5,8,10H,3,6-7,9H2,1-2H3,(H,16,20)(H,17,18). The Morgan fingerprint density at radius 3 is 3.19 bits per heavy atom. The van der Waals surface area contributed by atoms with E-state index in [0.29, 0.717) is 13.1 Å². The zero-order valence-electron chi connectivity index (χ0n) is 12.3. The number of H-pyrrole nitrogens is 1. The smallest absolute Gasteiger partial charge is 0.317 e. The van der Waals surface area contributed by atoms with E-state index in [1.807, 2.05) is 30.0 Å². The van der Waals surface area contributed by atoms with E-state index in [9.17, 15) is 4.79 Å². The summed E-state index contributed by atoms with van der Waals surface area (Å²) in [4.78, 5) is 21.7. The van der Waals surface area contributed by atoms with Gasteiger partial charge in [-0.15, -0.1) is 0 Å². The number of ether oxygens (including phenoxy) is 1. The van der Waals surface area contributed by atoms with E-state index in [2.05, 4.69) is 15.3 Å². The Kier molecular flexibility index (Phi) is 3.68. The molecule has 1 aromatic heterocycles. The second-order valence-electron chi connectivity index (χ2n) is 5.27. The monoisotopic (exact) mass is 288 g/mol. The maximum Gasteiger partial charge on any atom is 0.317 e. The summed E-state index contributed by atoms with van der Waals surface area (Å²) in [6.07, 6.45) is 0.939. The summed E-state index contributed by atoms with van der Waals surface area (Å²) < 4.78 is 5.22. The summed E-state index contributed by atoms with van der Waals surface area (Å²) in [5, 5.41) is 2.84. The Morgan fingerprint density at radius 2 is 2.43 bits per heavy atom. The van der Waals surface area contributed by atoms with E-state index in [-0.39, 0.29) is 11.9 Å². The lowest BCUT2D eigenvalue weighted by Crippen LogP contribution is -2.38. The number of aromatic amines is 1. The zero-order valence-corrected chi connectivity index (χ0v) is 12.3. The average Bonchev–Trinajstić information content (AvgIpc) is 3.13. The van der Waals surface area contributed by atoms with E-state index in [1.54, 1.807) is 7.11 Å². The van der Waals surface area contributed by atoms with Crippen LogP contribution in [0.2, 0.25) is 0 Å². The van der Waals surface area contributed by atoms with Crippen LogP contribution >= 0.6 is 0 Å². The van der Waals surface area contributed by atoms with Gasteiger partial charge in [0.2, 0.25) is 0 Å². The minimum atomic E-state index is 0.0118. The highest BCUT2D eigenvalue weighted by atomic mass is 16.5. The number of amides is 2. The molecule has 1 unspecified atom stereocenters. The van der Waals surface area contributed by atoms with Gasteiger partial charge in [0.15, 0.2) is 0 Å². The van der Waals surface area contributed by atoms with E-state index >= 15 is 0 Å². The molecule has 3 rings (SSSR count). The number of nitrogens with one attached hydrogen (secondary N) is 2. The molecule has 6 heteroatoms. The summed E-state index contributed by atoms with van der Waals surface area (Å²) in [6, 6.07) is 5.81. The van der Waals surface area contributed by atoms with Gasteiger partial charge < -0.3 is 19.9 Å². The van der Waals surface area contributed by atoms with Crippen LogP contribution in [0.1, 0.15) is 25.1 Å². The normalized spacial score (nSPS) is 18.2. The van der Waals surface area contributed by atoms with E-state index in [0.717, 1.165) is 35.6 Å². The molecule has 2 aromatic rings. The molecule has 1 aromatic carbocycles. The third-order valence-electron chi connectivity index (χ3n) is 3.90. The lowest BCUT2D eigenvalue weighted by Gasteiger charge is -2.16. The number of benzene rings is 1. The summed E-state index contributed by atoms with van der Waals surface area (Å²) in [5.41, 5.74) is 1.91. The topological polar surface area (TPSA) is 70.2 Å². The Morgan fingerprint density at radius 1 is 1.57 bits per heavy atom. The molecule has 0 spiro atoms. The molecule has 1 fully saturated rings. The van der Waals surface area contributed by atoms with E-state index in [4.69, 9.17) is 4.74 Å². The average molecular weight is 288 g/mol. The lowest BCUT2D eigenvalue weighted by atomic mass is 10.1. The number of urea groups is 1. The van der Waals surface area contributed by atoms with E-state index < -0.39 is 0 Å². The first kappa shape index (κ1) is 13.7. The number of carbonyl (C=O) groups is 1. The Hall–Kier alpha value is -2.24. The second kappa shape index (κ2) is 5.63. The van der Waals surface area contributed by atoms with Gasteiger partial charge in [0, 0.05) is 31.6 Å². The van der Waals surface area contributed by atoms with Gasteiger partial charge in [-0.05, 0) is 25.5 Å². The fourth-order valence-electron chi connectivity index (χ4n) is 2.76. The number of methoxy groups -OCH3 is 1. The van der Waals surface area contributed by atoms with Gasteiger partial charge in [0.1, 0.15) is 11.6 Å². The molecule has 0 radical (unpaired) electrons. The first-order valence-electron chi connectivity index (χ1n) is 7.27. The van der Waals surface area contributed by atoms with Crippen molar-refractivity contribution in [1.82, 2.24) is 20.2 Å². The van der Waals surface area contributed by atoms with Crippen molar-refractivity contribution in [1.29, 1.82) is 0 Å². The number of fused-ring (bicyclic) bond motifs is 1. The number of hydrogen-bond donors (Lipinski definition) is 2. The van der Waals surface area contributed by atoms with Crippen molar-refractivity contribution in [3.05, 3.63) is 24.0 Å². The third kappa shape index (κ3) is 2.66. The fourth-order valence-corrected chi connectivity index (χ4v) is 2.76. The lowest BCUT2D eigenvalue weighted by molar-refractivity contribution is 0.209. The first-order chi connectivity index (χ1) is 10.2. The third-order valence-corrected chi connectivity index (χ3v) is 3.90. The van der Waals surface area contributed by atoms with Gasteiger partial charge in [-0.2, -0.15) is 0 Å². The second-order valence-corrected chi connectivity index (χ2v) is 5.27. The van der Waals surface area contributed by atoms with Crippen LogP contribution in [-0.2, 0) is 0 Å². The predicted octanol–water partition coefficient (Wildman–Crippen LogP) is 2.09. The van der Waals surface area contributed by atoms with Gasteiger partial charge in [-0.25, -0.2) is 9.78 Å². The van der Waals surface area contributed by atoms with Crippen LogP contribution in [0, 0.1) is 0 Å². The van der Waals surface area contributed by atoms with Crippen molar-refractivity contribution in [3.63, 3.8) is 0 Å². The number of likely N-dealkylation sites (tertiary alicyclic amines) is 1. The molecule has 0 aliphatic carbocycles. The summed E-state index contributed by atoms with van der Waals surface area (Å²) in [6.45, 7) is 4.07. The number of imidazole rings is 1. The van der Waals surface area contributed by atoms with Gasteiger partial charge >= 0.3 is 6.03 Å². The predicted molar refractivity (Wildman–Crippen MR) is 80.6 cm³/mol. The SMILES string of the molecule is CCNC(=O)N1CCC(c2nc3ccc(OC)cc3[nH]2)C1. The highest BCUT2D eigenvalue weighted by Crippen LogP contribution is 2.28. The highest BCUT2D eigenvalue weighted by Gasteiger charge is 2.29. The molecule has 112 valence electrons. The minimum absolute atomic E-state index is 0.0118. The molecule has 0 saturated carbocycles. The Bertz CT molecular complexity index is 652.